The number of carbonyl (C=O) groups is 4. The summed E-state index contributed by atoms with van der Waals surface area (Å²) in [6.07, 6.45) is 1.93. The average molecular weight is 1860 g/mol. The summed E-state index contributed by atoms with van der Waals surface area (Å²) in [7, 11) is -16.4. The number of aryl methyl sites for hydroxylation is 10. The van der Waals surface area contributed by atoms with Gasteiger partial charge in [-0.1, -0.05) is 79.2 Å². The second kappa shape index (κ2) is 35.5. The number of sulfonamides is 4. The van der Waals surface area contributed by atoms with Crippen molar-refractivity contribution in [2.75, 3.05) is 37.8 Å². The number of aromatic hydroxyl groups is 1. The Morgan fingerprint density at radius 1 is 0.487 bits per heavy atom. The number of phenols is 1. The molecule has 119 heavy (non-hydrogen) atoms. The molecule has 0 saturated heterocycles. The van der Waals surface area contributed by atoms with Gasteiger partial charge < -0.3 is 47.5 Å². The first-order valence-electron chi connectivity index (χ1n) is 34.9. The third-order valence-electron chi connectivity index (χ3n) is 18.2. The topological polar surface area (TPSA) is 439 Å². The van der Waals surface area contributed by atoms with E-state index < -0.39 is 46.0 Å². The molecule has 0 atom stereocenters. The molecule has 4 aromatic carbocycles. The number of ether oxygens (including phenoxy) is 4. The number of fused-ring (bicyclic) bond motifs is 3. The zero-order valence-corrected chi connectivity index (χ0v) is 74.0. The summed E-state index contributed by atoms with van der Waals surface area (Å²) in [4.78, 5) is 55.4. The van der Waals surface area contributed by atoms with Crippen LogP contribution in [0, 0.1) is 76.2 Å². The average Bonchev–Trinajstić information content (AvgIpc) is 1.62. The maximum atomic E-state index is 13.4. The van der Waals surface area contributed by atoms with E-state index in [1.807, 2.05) is 52.0 Å². The van der Waals surface area contributed by atoms with Gasteiger partial charge >= 0.3 is 0 Å². The highest BCUT2D eigenvalue weighted by Crippen LogP contribution is 2.43. The number of nitrogens with one attached hydrogen (secondary N) is 5. The van der Waals surface area contributed by atoms with Crippen LogP contribution in [0.15, 0.2) is 133 Å². The third kappa shape index (κ3) is 19.1. The minimum absolute atomic E-state index is 0.0215. The molecule has 0 unspecified atom stereocenters. The van der Waals surface area contributed by atoms with Gasteiger partial charge in [-0.2, -0.15) is 0 Å². The van der Waals surface area contributed by atoms with Gasteiger partial charge in [0.15, 0.2) is 40.3 Å². The molecule has 0 radical (unpaired) electrons. The van der Waals surface area contributed by atoms with Gasteiger partial charge in [0.25, 0.3) is 69.5 Å². The summed E-state index contributed by atoms with van der Waals surface area (Å²) in [5, 5.41) is 32.2. The number of phenolic OH excluding ortho intramolecular Hbond substituents is 1. The van der Waals surface area contributed by atoms with Crippen LogP contribution >= 0.6 is 91.8 Å². The molecule has 6 N–H and O–H groups in total. The number of carbonyl (C=O) groups excluding carboxylic acids is 4. The van der Waals surface area contributed by atoms with Crippen molar-refractivity contribution in [3.8, 4) is 28.7 Å². The molecule has 624 valence electrons. The van der Waals surface area contributed by atoms with Crippen LogP contribution < -0.4 is 43.2 Å². The van der Waals surface area contributed by atoms with Crippen molar-refractivity contribution in [3.63, 3.8) is 0 Å². The van der Waals surface area contributed by atoms with Crippen LogP contribution in [0.1, 0.15) is 130 Å². The standard InChI is InChI=1S/C20H16ClN3O5S2.C19H18ClN3O5S2.C19H19ClN2O5S2.C18H15ClN2O6S2/c1-10-6-13-14(28-9-27-13)7-12(10)8-16-19(18-15(30-16)4-3-5-22-18)31(25,26)24-20-17(21)11(2)23-29-20;1-9-7-10(2)16(13(8-9)12(4)24)21-18(25)17-14(5-6-29-17)30(26,27)23-19-15(20)11(3)22-28-19;1-9-7-10(2)17(24)11(3)13(9)8-14(23)18-15(5-6-28-18)29(25,26)22-19-16(20)12(4)21-27-19;1-9-5-13-14(26-8-25-13)7-11(9)6-12(22)17-15(3-4-28-17)29(23,24)21-18-16(19)10(2)20-27-18/h3-7,24H,8-9H2,1-2H3;5-8,23H,1-4H3,(H,21,25);5-7,22,24H,8H2,1-4H3;3-5,7,21H,6,8H2,1-2H3. The number of rotatable bonds is 23. The highest BCUT2D eigenvalue weighted by Gasteiger charge is 2.34. The number of Topliss-reactive ketones (excluding diaryl/α,β-unsaturated/α-hetero) is 3. The van der Waals surface area contributed by atoms with Crippen molar-refractivity contribution < 1.29 is 95.0 Å². The number of aromatic nitrogens is 5. The van der Waals surface area contributed by atoms with Crippen LogP contribution in [0.2, 0.25) is 20.1 Å². The molecule has 2 aliphatic heterocycles. The molecule has 0 aliphatic carbocycles. The fraction of sp³-hybridized carbons (Fsp3) is 0.224. The molecule has 1 amide bonds. The monoisotopic (exact) mass is 1850 g/mol. The van der Waals surface area contributed by atoms with E-state index in [-0.39, 0.29) is 127 Å². The summed E-state index contributed by atoms with van der Waals surface area (Å²) in [5.74, 6) is 0.328. The molecule has 11 heterocycles. The Bertz CT molecular complexity index is 6700. The molecular weight excluding hydrogens is 1790 g/mol. The van der Waals surface area contributed by atoms with Crippen molar-refractivity contribution in [2.45, 2.75) is 122 Å². The smallest absolute Gasteiger partial charge is 0.267 e. The van der Waals surface area contributed by atoms with Gasteiger partial charge in [0.05, 0.1) is 20.1 Å². The summed E-state index contributed by atoms with van der Waals surface area (Å²) in [6, 6.07) is 20.2. The molecular formula is C76H68Cl4N10O21S8. The SMILES string of the molecule is CC(=O)c1cc(C)cc(C)c1NC(=O)c1sccc1S(=O)(=O)Nc1onc(C)c1Cl.Cc1cc(C)c(CC(=O)c2sccc2S(=O)(=O)Nc2onc(C)c2Cl)c(C)c1O.Cc1cc2c(cc1CC(=O)c1sccc1S(=O)(=O)Nc1onc(C)c1Cl)OCO2.Cc1cc2c(cc1Cc1sc3cccnc3c1S(=O)(=O)Nc1onc(C)c1Cl)OCO2. The number of amides is 1. The van der Waals surface area contributed by atoms with Crippen molar-refractivity contribution in [1.82, 2.24) is 25.6 Å². The maximum absolute atomic E-state index is 13.4. The predicted molar refractivity (Wildman–Crippen MR) is 450 cm³/mol. The van der Waals surface area contributed by atoms with E-state index in [0.29, 0.717) is 90.5 Å². The van der Waals surface area contributed by atoms with Gasteiger partial charge in [-0.25, -0.2) is 52.6 Å². The van der Waals surface area contributed by atoms with Crippen LogP contribution in [0.3, 0.4) is 0 Å². The third-order valence-corrected chi connectivity index (χ3v) is 30.0. The van der Waals surface area contributed by atoms with E-state index >= 15 is 0 Å². The first-order chi connectivity index (χ1) is 56.1. The lowest BCUT2D eigenvalue weighted by atomic mass is 9.94. The normalized spacial score (nSPS) is 12.3. The number of thiophene rings is 4. The Morgan fingerprint density at radius 2 is 0.908 bits per heavy atom. The maximum Gasteiger partial charge on any atom is 0.267 e. The molecule has 43 heteroatoms. The van der Waals surface area contributed by atoms with E-state index in [9.17, 15) is 58.0 Å². The number of anilines is 5. The predicted octanol–water partition coefficient (Wildman–Crippen LogP) is 17.8. The van der Waals surface area contributed by atoms with Gasteiger partial charge in [0, 0.05) is 35.9 Å². The molecule has 2 aliphatic rings. The van der Waals surface area contributed by atoms with E-state index in [4.69, 9.17) is 83.4 Å². The number of hydrogen-bond donors (Lipinski definition) is 6. The van der Waals surface area contributed by atoms with Gasteiger partial charge in [-0.3, -0.25) is 24.2 Å². The molecule has 15 rings (SSSR count). The number of benzene rings is 4. The fourth-order valence-electron chi connectivity index (χ4n) is 12.1. The largest absolute Gasteiger partial charge is 0.507 e. The summed E-state index contributed by atoms with van der Waals surface area (Å²) in [6.45, 7) is 20.8. The molecule has 13 aromatic rings. The quantitative estimate of drug-likeness (QED) is 0.0324. The number of nitrogens with zero attached hydrogens (tertiary/aromatic N) is 5. The number of halogens is 4. The molecule has 0 spiro atoms. The van der Waals surface area contributed by atoms with E-state index in [1.165, 1.54) is 47.2 Å². The zero-order chi connectivity index (χ0) is 86.2. The van der Waals surface area contributed by atoms with Crippen molar-refractivity contribution in [2.24, 2.45) is 0 Å². The van der Waals surface area contributed by atoms with Gasteiger partial charge in [0.2, 0.25) is 13.6 Å². The van der Waals surface area contributed by atoms with Crippen LogP contribution in [0.25, 0.3) is 10.2 Å². The lowest BCUT2D eigenvalue weighted by molar-refractivity contribution is 0.0985. The lowest BCUT2D eigenvalue weighted by Gasteiger charge is -2.14. The van der Waals surface area contributed by atoms with Crippen LogP contribution in [0.4, 0.5) is 29.2 Å². The molecule has 31 nitrogen and oxygen atoms in total. The Balaban J connectivity index is 0.000000146. The van der Waals surface area contributed by atoms with Crippen LogP contribution in [-0.2, 0) is 59.4 Å². The summed E-state index contributed by atoms with van der Waals surface area (Å²) < 4.78 is 155. The Hall–Kier alpha value is -10.4. The van der Waals surface area contributed by atoms with Crippen LogP contribution in [0.5, 0.6) is 28.7 Å². The number of pyridine rings is 1. The van der Waals surface area contributed by atoms with Gasteiger partial charge in [-0.15, -0.1) is 45.3 Å². The second-order valence-corrected chi connectivity index (χ2v) is 38.7. The Kier molecular flexibility index (Phi) is 26.2. The minimum Gasteiger partial charge on any atom is -0.507 e. The number of hydrogen-bond acceptors (Lipinski definition) is 30. The zero-order valence-electron chi connectivity index (χ0n) is 64.4. The van der Waals surface area contributed by atoms with Crippen molar-refractivity contribution in [3.05, 3.63) is 219 Å². The Labute approximate surface area is 716 Å². The molecule has 0 bridgehead atoms. The highest BCUT2D eigenvalue weighted by atomic mass is 35.5. The van der Waals surface area contributed by atoms with E-state index in [2.05, 4.69) is 49.8 Å². The van der Waals surface area contributed by atoms with E-state index in [1.54, 1.807) is 90.4 Å². The molecule has 0 saturated carbocycles. The van der Waals surface area contributed by atoms with Crippen LogP contribution in [-0.4, -0.2) is 101 Å². The minimum atomic E-state index is -4.18. The van der Waals surface area contributed by atoms with Gasteiger partial charge in [0.1, 0.15) is 78.6 Å². The van der Waals surface area contributed by atoms with E-state index in [0.717, 1.165) is 77.7 Å². The second-order valence-electron chi connectivity index (χ2n) is 26.7. The van der Waals surface area contributed by atoms with Crippen molar-refractivity contribution in [1.29, 1.82) is 0 Å². The first-order valence-corrected chi connectivity index (χ1v) is 45.8. The lowest BCUT2D eigenvalue weighted by Crippen LogP contribution is -2.19. The molecule has 9 aromatic heterocycles. The first kappa shape index (κ1) is 87.9. The van der Waals surface area contributed by atoms with Crippen molar-refractivity contribution >= 4 is 195 Å². The Morgan fingerprint density at radius 3 is 1.36 bits per heavy atom. The van der Waals surface area contributed by atoms with Gasteiger partial charge in [-0.05, 0) is 216 Å². The molecule has 0 fully saturated rings. The summed E-state index contributed by atoms with van der Waals surface area (Å²) in [5.41, 5.74) is 10.4. The summed E-state index contributed by atoms with van der Waals surface area (Å²) >= 11 is 28.5. The highest BCUT2D eigenvalue weighted by molar-refractivity contribution is 7.94. The fourth-order valence-corrected chi connectivity index (χ4v) is 22.8. The number of ketones is 3.